The minimum absolute atomic E-state index is 0.143. The molecule has 2 heterocycles. The fourth-order valence-electron chi connectivity index (χ4n) is 3.70. The van der Waals surface area contributed by atoms with Crippen LogP contribution in [0.1, 0.15) is 17.3 Å². The summed E-state index contributed by atoms with van der Waals surface area (Å²) in [6.07, 6.45) is 0. The Labute approximate surface area is 202 Å². The van der Waals surface area contributed by atoms with Crippen LogP contribution in [-0.4, -0.2) is 69.8 Å². The van der Waals surface area contributed by atoms with Crippen molar-refractivity contribution in [2.45, 2.75) is 18.4 Å². The molecule has 0 bridgehead atoms. The summed E-state index contributed by atoms with van der Waals surface area (Å²) in [5.74, 6) is 0.268. The molecule has 182 valence electrons. The number of carbonyl (C=O) groups excluding carboxylic acids is 1. The summed E-state index contributed by atoms with van der Waals surface area (Å²) >= 11 is 1.39. The second-order valence-electron chi connectivity index (χ2n) is 7.52. The van der Waals surface area contributed by atoms with Gasteiger partial charge in [-0.15, -0.1) is 0 Å². The van der Waals surface area contributed by atoms with Crippen molar-refractivity contribution >= 4 is 37.5 Å². The molecular weight excluding hydrogens is 478 g/mol. The molecule has 2 aromatic carbocycles. The Morgan fingerprint density at radius 2 is 1.88 bits per heavy atom. The van der Waals surface area contributed by atoms with Crippen LogP contribution in [0.3, 0.4) is 0 Å². The zero-order valence-electron chi connectivity index (χ0n) is 19.1. The third-order valence-corrected chi connectivity index (χ3v) is 8.35. The highest BCUT2D eigenvalue weighted by Crippen LogP contribution is 2.28. The molecule has 3 aromatic rings. The van der Waals surface area contributed by atoms with E-state index in [1.807, 2.05) is 29.7 Å². The van der Waals surface area contributed by atoms with E-state index in [0.717, 1.165) is 16.0 Å². The smallest absolute Gasteiger partial charge is 0.279 e. The van der Waals surface area contributed by atoms with Gasteiger partial charge in [0.15, 0.2) is 4.80 Å². The number of morpholine rings is 1. The van der Waals surface area contributed by atoms with Crippen LogP contribution in [0.25, 0.3) is 10.2 Å². The molecule has 1 aliphatic rings. The molecule has 4 rings (SSSR count). The van der Waals surface area contributed by atoms with Gasteiger partial charge in [-0.05, 0) is 43.3 Å². The first kappa shape index (κ1) is 24.6. The van der Waals surface area contributed by atoms with E-state index in [2.05, 4.69) is 4.99 Å². The summed E-state index contributed by atoms with van der Waals surface area (Å²) in [5, 5.41) is 0. The van der Waals surface area contributed by atoms with E-state index in [9.17, 15) is 13.2 Å². The third kappa shape index (κ3) is 5.08. The van der Waals surface area contributed by atoms with E-state index in [0.29, 0.717) is 56.4 Å². The Kier molecular flexibility index (Phi) is 7.79. The van der Waals surface area contributed by atoms with Crippen molar-refractivity contribution in [2.75, 3.05) is 46.6 Å². The summed E-state index contributed by atoms with van der Waals surface area (Å²) in [6, 6.07) is 11.6. The molecule has 0 atom stereocenters. The van der Waals surface area contributed by atoms with Gasteiger partial charge in [0.1, 0.15) is 11.3 Å². The van der Waals surface area contributed by atoms with Crippen molar-refractivity contribution in [3.63, 3.8) is 0 Å². The molecule has 1 aromatic heterocycles. The lowest BCUT2D eigenvalue weighted by atomic mass is 10.2. The average Bonchev–Trinajstić information content (AvgIpc) is 3.21. The molecule has 1 saturated heterocycles. The van der Waals surface area contributed by atoms with Gasteiger partial charge in [-0.25, -0.2) is 8.42 Å². The summed E-state index contributed by atoms with van der Waals surface area (Å²) in [5.41, 5.74) is 1.17. The van der Waals surface area contributed by atoms with Gasteiger partial charge < -0.3 is 18.8 Å². The van der Waals surface area contributed by atoms with Crippen LogP contribution < -0.4 is 9.54 Å². The van der Waals surface area contributed by atoms with Gasteiger partial charge in [0.05, 0.1) is 36.0 Å². The molecule has 1 fully saturated rings. The van der Waals surface area contributed by atoms with Crippen LogP contribution in [0.15, 0.2) is 52.4 Å². The number of carbonyl (C=O) groups is 1. The number of sulfonamides is 1. The van der Waals surface area contributed by atoms with Gasteiger partial charge in [0.2, 0.25) is 10.0 Å². The predicted molar refractivity (Wildman–Crippen MR) is 129 cm³/mol. The fraction of sp³-hybridized carbons (Fsp3) is 0.391. The highest BCUT2D eigenvalue weighted by Gasteiger charge is 2.26. The van der Waals surface area contributed by atoms with Crippen LogP contribution in [0.5, 0.6) is 5.75 Å². The SMILES string of the molecule is CCOc1cccc2sc(=NC(=O)c3ccc(S(=O)(=O)N4CCOCC4)cc3)n(CCOC)c12. The fourth-order valence-corrected chi connectivity index (χ4v) is 6.18. The minimum Gasteiger partial charge on any atom is -0.492 e. The molecule has 0 unspecified atom stereocenters. The van der Waals surface area contributed by atoms with Gasteiger partial charge in [0, 0.05) is 32.3 Å². The van der Waals surface area contributed by atoms with E-state index in [4.69, 9.17) is 14.2 Å². The molecule has 1 amide bonds. The maximum Gasteiger partial charge on any atom is 0.279 e. The van der Waals surface area contributed by atoms with Gasteiger partial charge in [-0.2, -0.15) is 9.30 Å². The second kappa shape index (κ2) is 10.8. The Bertz CT molecular complexity index is 1320. The van der Waals surface area contributed by atoms with Gasteiger partial charge in [-0.3, -0.25) is 4.79 Å². The molecule has 0 saturated carbocycles. The summed E-state index contributed by atoms with van der Waals surface area (Å²) < 4.78 is 46.2. The first-order chi connectivity index (χ1) is 16.5. The Morgan fingerprint density at radius 3 is 2.56 bits per heavy atom. The Hall–Kier alpha value is -2.57. The number of hydrogen-bond acceptors (Lipinski definition) is 7. The number of nitrogens with zero attached hydrogens (tertiary/aromatic N) is 3. The third-order valence-electron chi connectivity index (χ3n) is 5.39. The standard InChI is InChI=1S/C23H27N3O6S2/c1-3-32-19-5-4-6-20-21(19)26(13-14-30-2)23(33-20)24-22(27)17-7-9-18(10-8-17)34(28,29)25-11-15-31-16-12-25/h4-10H,3,11-16H2,1-2H3. The monoisotopic (exact) mass is 505 g/mol. The highest BCUT2D eigenvalue weighted by molar-refractivity contribution is 7.89. The van der Waals surface area contributed by atoms with Crippen molar-refractivity contribution in [1.82, 2.24) is 8.87 Å². The number of methoxy groups -OCH3 is 1. The van der Waals surface area contributed by atoms with Crippen molar-refractivity contribution in [3.8, 4) is 5.75 Å². The van der Waals surface area contributed by atoms with Crippen LogP contribution in [-0.2, 0) is 26.0 Å². The van der Waals surface area contributed by atoms with E-state index in [1.54, 1.807) is 7.11 Å². The zero-order valence-corrected chi connectivity index (χ0v) is 20.7. The van der Waals surface area contributed by atoms with E-state index >= 15 is 0 Å². The first-order valence-corrected chi connectivity index (χ1v) is 13.2. The number of rotatable bonds is 8. The Morgan fingerprint density at radius 1 is 1.15 bits per heavy atom. The maximum absolute atomic E-state index is 13.0. The maximum atomic E-state index is 13.0. The molecule has 1 aliphatic heterocycles. The molecule has 0 N–H and O–H groups in total. The van der Waals surface area contributed by atoms with Crippen molar-refractivity contribution in [1.29, 1.82) is 0 Å². The van der Waals surface area contributed by atoms with E-state index < -0.39 is 15.9 Å². The largest absolute Gasteiger partial charge is 0.492 e. The van der Waals surface area contributed by atoms with Gasteiger partial charge in [-0.1, -0.05) is 17.4 Å². The lowest BCUT2D eigenvalue weighted by Gasteiger charge is -2.26. The zero-order chi connectivity index (χ0) is 24.1. The molecular formula is C23H27N3O6S2. The van der Waals surface area contributed by atoms with Crippen LogP contribution in [0.2, 0.25) is 0 Å². The summed E-state index contributed by atoms with van der Waals surface area (Å²) in [4.78, 5) is 18.0. The normalized spacial score (nSPS) is 15.6. The quantitative estimate of drug-likeness (QED) is 0.467. The van der Waals surface area contributed by atoms with Crippen molar-refractivity contribution < 1.29 is 27.4 Å². The second-order valence-corrected chi connectivity index (χ2v) is 10.5. The summed E-state index contributed by atoms with van der Waals surface area (Å²) in [7, 11) is -2.01. The van der Waals surface area contributed by atoms with Gasteiger partial charge >= 0.3 is 0 Å². The highest BCUT2D eigenvalue weighted by atomic mass is 32.2. The topological polar surface area (TPSA) is 99.4 Å². The molecule has 0 spiro atoms. The summed E-state index contributed by atoms with van der Waals surface area (Å²) in [6.45, 7) is 4.76. The number of thiazole rings is 1. The lowest BCUT2D eigenvalue weighted by Crippen LogP contribution is -2.40. The lowest BCUT2D eigenvalue weighted by molar-refractivity contribution is 0.0730. The average molecular weight is 506 g/mol. The van der Waals surface area contributed by atoms with Crippen molar-refractivity contribution in [3.05, 3.63) is 52.8 Å². The predicted octanol–water partition coefficient (Wildman–Crippen LogP) is 2.51. The number of benzene rings is 2. The minimum atomic E-state index is -3.63. The molecule has 34 heavy (non-hydrogen) atoms. The van der Waals surface area contributed by atoms with Crippen LogP contribution >= 0.6 is 11.3 Å². The molecule has 0 radical (unpaired) electrons. The van der Waals surface area contributed by atoms with Crippen LogP contribution in [0.4, 0.5) is 0 Å². The van der Waals surface area contributed by atoms with E-state index in [1.165, 1.54) is 39.9 Å². The number of aromatic nitrogens is 1. The number of para-hydroxylation sites is 1. The molecule has 9 nitrogen and oxygen atoms in total. The number of ether oxygens (including phenoxy) is 3. The Balaban J connectivity index is 1.67. The first-order valence-electron chi connectivity index (χ1n) is 11.0. The van der Waals surface area contributed by atoms with Crippen LogP contribution in [0, 0.1) is 0 Å². The number of amides is 1. The van der Waals surface area contributed by atoms with E-state index in [-0.39, 0.29) is 4.90 Å². The number of hydrogen-bond donors (Lipinski definition) is 0. The molecule has 0 aliphatic carbocycles. The molecule has 11 heteroatoms. The number of fused-ring (bicyclic) bond motifs is 1. The van der Waals surface area contributed by atoms with Crippen molar-refractivity contribution in [2.24, 2.45) is 4.99 Å². The van der Waals surface area contributed by atoms with Gasteiger partial charge in [0.25, 0.3) is 5.91 Å².